The van der Waals surface area contributed by atoms with Crippen molar-refractivity contribution < 1.29 is 5.11 Å². The van der Waals surface area contributed by atoms with Gasteiger partial charge >= 0.3 is 0 Å². The molecular weight excluding hydrogens is 308 g/mol. The van der Waals surface area contributed by atoms with E-state index in [-0.39, 0.29) is 6.10 Å². The Bertz CT molecular complexity index is 496. The molecule has 0 radical (unpaired) electrons. The third kappa shape index (κ3) is 3.22. The fourth-order valence-electron chi connectivity index (χ4n) is 2.08. The lowest BCUT2D eigenvalue weighted by molar-refractivity contribution is 0.167. The van der Waals surface area contributed by atoms with Gasteiger partial charge in [0.05, 0.1) is 6.10 Å². The molecular formula is C15H17BrOS. The van der Waals surface area contributed by atoms with Crippen LogP contribution in [0.15, 0.2) is 33.4 Å². The lowest BCUT2D eigenvalue weighted by Gasteiger charge is -2.14. The summed E-state index contributed by atoms with van der Waals surface area (Å²) >= 11 is 5.26. The van der Waals surface area contributed by atoms with E-state index in [9.17, 15) is 5.11 Å². The second-order valence-corrected chi connectivity index (χ2v) is 6.23. The lowest BCUT2D eigenvalue weighted by atomic mass is 9.99. The predicted molar refractivity (Wildman–Crippen MR) is 81.2 cm³/mol. The van der Waals surface area contributed by atoms with Gasteiger partial charge < -0.3 is 5.11 Å². The summed E-state index contributed by atoms with van der Waals surface area (Å²) in [6, 6.07) is 6.25. The molecule has 1 atom stereocenters. The van der Waals surface area contributed by atoms with E-state index >= 15 is 0 Å². The van der Waals surface area contributed by atoms with Crippen molar-refractivity contribution in [1.82, 2.24) is 0 Å². The molecule has 0 bridgehead atoms. The summed E-state index contributed by atoms with van der Waals surface area (Å²) < 4.78 is 1.14. The van der Waals surface area contributed by atoms with Crippen LogP contribution in [0.2, 0.25) is 0 Å². The molecule has 0 saturated carbocycles. The zero-order chi connectivity index (χ0) is 13.1. The summed E-state index contributed by atoms with van der Waals surface area (Å²) in [4.78, 5) is 0. The third-order valence-electron chi connectivity index (χ3n) is 3.13. The fourth-order valence-corrected chi connectivity index (χ4v) is 3.01. The Hall–Kier alpha value is -0.640. The van der Waals surface area contributed by atoms with E-state index in [2.05, 4.69) is 58.7 Å². The van der Waals surface area contributed by atoms with Gasteiger partial charge in [-0.15, -0.1) is 0 Å². The van der Waals surface area contributed by atoms with Crippen molar-refractivity contribution in [2.45, 2.75) is 32.8 Å². The number of rotatable bonds is 4. The van der Waals surface area contributed by atoms with E-state index in [1.54, 1.807) is 11.3 Å². The first-order valence-electron chi connectivity index (χ1n) is 6.03. The maximum atomic E-state index is 10.2. The molecule has 18 heavy (non-hydrogen) atoms. The van der Waals surface area contributed by atoms with Gasteiger partial charge in [-0.2, -0.15) is 11.3 Å². The average molecular weight is 325 g/mol. The lowest BCUT2D eigenvalue weighted by Crippen LogP contribution is -2.01. The molecule has 0 fully saturated rings. The standard InChI is InChI=1S/C15H17BrOS/c1-10-7-13(8-11(2)15(10)16)14(17)4-3-12-5-6-18-9-12/h5-9,14,17H,3-4H2,1-2H3. The molecule has 2 rings (SSSR count). The van der Waals surface area contributed by atoms with Crippen LogP contribution in [0.25, 0.3) is 0 Å². The second kappa shape index (κ2) is 6.00. The summed E-state index contributed by atoms with van der Waals surface area (Å²) in [7, 11) is 0. The molecule has 2 aromatic rings. The van der Waals surface area contributed by atoms with Crippen molar-refractivity contribution in [3.05, 3.63) is 55.7 Å². The number of aliphatic hydroxyl groups excluding tert-OH is 1. The minimum absolute atomic E-state index is 0.379. The van der Waals surface area contributed by atoms with Gasteiger partial charge in [0.25, 0.3) is 0 Å². The van der Waals surface area contributed by atoms with E-state index in [0.717, 1.165) is 22.9 Å². The molecule has 1 heterocycles. The molecule has 3 heteroatoms. The second-order valence-electron chi connectivity index (χ2n) is 4.65. The summed E-state index contributed by atoms with van der Waals surface area (Å²) in [5, 5.41) is 14.5. The Balaban J connectivity index is 2.07. The van der Waals surface area contributed by atoms with Crippen molar-refractivity contribution in [3.63, 3.8) is 0 Å². The first-order valence-corrected chi connectivity index (χ1v) is 7.77. The minimum Gasteiger partial charge on any atom is -0.388 e. The summed E-state index contributed by atoms with van der Waals surface area (Å²) in [5.74, 6) is 0. The van der Waals surface area contributed by atoms with Crippen molar-refractivity contribution in [2.24, 2.45) is 0 Å². The number of hydrogen-bond donors (Lipinski definition) is 1. The van der Waals surface area contributed by atoms with E-state index in [4.69, 9.17) is 0 Å². The number of aryl methyl sites for hydroxylation is 3. The largest absolute Gasteiger partial charge is 0.388 e. The molecule has 1 N–H and O–H groups in total. The minimum atomic E-state index is -0.379. The normalized spacial score (nSPS) is 12.7. The Morgan fingerprint density at radius 2 is 1.94 bits per heavy atom. The molecule has 0 amide bonds. The van der Waals surface area contributed by atoms with Crippen LogP contribution in [0.5, 0.6) is 0 Å². The van der Waals surface area contributed by atoms with E-state index < -0.39 is 0 Å². The van der Waals surface area contributed by atoms with Crippen molar-refractivity contribution >= 4 is 27.3 Å². The van der Waals surface area contributed by atoms with E-state index in [1.807, 2.05) is 0 Å². The first-order chi connectivity index (χ1) is 8.58. The van der Waals surface area contributed by atoms with Crippen LogP contribution in [0.4, 0.5) is 0 Å². The highest BCUT2D eigenvalue weighted by molar-refractivity contribution is 9.10. The molecule has 1 aromatic carbocycles. The maximum Gasteiger partial charge on any atom is 0.0793 e. The van der Waals surface area contributed by atoms with E-state index in [0.29, 0.717) is 0 Å². The Morgan fingerprint density at radius 1 is 1.28 bits per heavy atom. The van der Waals surface area contributed by atoms with Gasteiger partial charge in [-0.05, 0) is 65.8 Å². The fraction of sp³-hybridized carbons (Fsp3) is 0.333. The molecule has 1 nitrogen and oxygen atoms in total. The number of hydrogen-bond acceptors (Lipinski definition) is 2. The van der Waals surface area contributed by atoms with Crippen LogP contribution in [0.1, 0.15) is 34.8 Å². The Morgan fingerprint density at radius 3 is 2.50 bits per heavy atom. The molecule has 1 aromatic heterocycles. The van der Waals surface area contributed by atoms with Crippen LogP contribution >= 0.6 is 27.3 Å². The predicted octanol–water partition coefficient (Wildman–Crippen LogP) is 4.79. The van der Waals surface area contributed by atoms with Crippen LogP contribution in [-0.2, 0) is 6.42 Å². The molecule has 0 aliphatic carbocycles. The van der Waals surface area contributed by atoms with E-state index in [1.165, 1.54) is 16.7 Å². The first kappa shape index (κ1) is 13.8. The monoisotopic (exact) mass is 324 g/mol. The number of thiophene rings is 1. The van der Waals surface area contributed by atoms with Crippen LogP contribution < -0.4 is 0 Å². The van der Waals surface area contributed by atoms with Gasteiger partial charge in [0.2, 0.25) is 0 Å². The molecule has 0 spiro atoms. The highest BCUT2D eigenvalue weighted by Crippen LogP contribution is 2.27. The van der Waals surface area contributed by atoms with Gasteiger partial charge in [0.15, 0.2) is 0 Å². The van der Waals surface area contributed by atoms with Crippen LogP contribution in [-0.4, -0.2) is 5.11 Å². The van der Waals surface area contributed by atoms with Gasteiger partial charge in [-0.3, -0.25) is 0 Å². The molecule has 0 aliphatic rings. The summed E-state index contributed by atoms with van der Waals surface area (Å²) in [6.45, 7) is 4.12. The van der Waals surface area contributed by atoms with Crippen molar-refractivity contribution in [2.75, 3.05) is 0 Å². The SMILES string of the molecule is Cc1cc(C(O)CCc2ccsc2)cc(C)c1Br. The highest BCUT2D eigenvalue weighted by atomic mass is 79.9. The van der Waals surface area contributed by atoms with Gasteiger partial charge in [-0.1, -0.05) is 28.1 Å². The zero-order valence-corrected chi connectivity index (χ0v) is 13.0. The topological polar surface area (TPSA) is 20.2 Å². The molecule has 96 valence electrons. The zero-order valence-electron chi connectivity index (χ0n) is 10.6. The van der Waals surface area contributed by atoms with Crippen LogP contribution in [0, 0.1) is 13.8 Å². The molecule has 0 aliphatic heterocycles. The Labute approximate surface area is 121 Å². The highest BCUT2D eigenvalue weighted by Gasteiger charge is 2.11. The summed E-state index contributed by atoms with van der Waals surface area (Å²) in [5.41, 5.74) is 4.69. The van der Waals surface area contributed by atoms with Gasteiger partial charge in [-0.25, -0.2) is 0 Å². The maximum absolute atomic E-state index is 10.2. The average Bonchev–Trinajstić information content (AvgIpc) is 2.85. The number of halogens is 1. The summed E-state index contributed by atoms with van der Waals surface area (Å²) in [6.07, 6.45) is 1.33. The third-order valence-corrected chi connectivity index (χ3v) is 5.11. The van der Waals surface area contributed by atoms with Gasteiger partial charge in [0.1, 0.15) is 0 Å². The number of benzene rings is 1. The molecule has 1 unspecified atom stereocenters. The Kier molecular flexibility index (Phi) is 4.60. The smallest absolute Gasteiger partial charge is 0.0793 e. The molecule has 0 saturated heterocycles. The van der Waals surface area contributed by atoms with Crippen molar-refractivity contribution in [3.8, 4) is 0 Å². The van der Waals surface area contributed by atoms with Crippen molar-refractivity contribution in [1.29, 1.82) is 0 Å². The van der Waals surface area contributed by atoms with Crippen LogP contribution in [0.3, 0.4) is 0 Å². The van der Waals surface area contributed by atoms with Gasteiger partial charge in [0, 0.05) is 4.47 Å². The quantitative estimate of drug-likeness (QED) is 0.856. The number of aliphatic hydroxyl groups is 1.